The number of imidazole rings is 1. The summed E-state index contributed by atoms with van der Waals surface area (Å²) in [5, 5.41) is 0. The highest BCUT2D eigenvalue weighted by molar-refractivity contribution is 5.09. The van der Waals surface area contributed by atoms with Gasteiger partial charge < -0.3 is 4.57 Å². The van der Waals surface area contributed by atoms with Gasteiger partial charge in [0.15, 0.2) is 0 Å². The van der Waals surface area contributed by atoms with Gasteiger partial charge in [-0.2, -0.15) is 0 Å². The number of nitrogens with zero attached hydrogens (tertiary/aromatic N) is 2. The van der Waals surface area contributed by atoms with Gasteiger partial charge in [-0.3, -0.25) is 0 Å². The summed E-state index contributed by atoms with van der Waals surface area (Å²) >= 11 is 0. The van der Waals surface area contributed by atoms with Crippen molar-refractivity contribution in [2.45, 2.75) is 44.9 Å². The fourth-order valence-corrected chi connectivity index (χ4v) is 2.18. The molecule has 0 amide bonds. The van der Waals surface area contributed by atoms with Gasteiger partial charge >= 0.3 is 0 Å². The first-order valence-corrected chi connectivity index (χ1v) is 5.27. The Morgan fingerprint density at radius 1 is 1.31 bits per heavy atom. The van der Waals surface area contributed by atoms with Crippen LogP contribution in [-0.2, 0) is 7.05 Å². The van der Waals surface area contributed by atoms with Crippen LogP contribution < -0.4 is 0 Å². The molecule has 1 aliphatic carbocycles. The Morgan fingerprint density at radius 2 is 2.00 bits per heavy atom. The Hall–Kier alpha value is -0.790. The maximum atomic E-state index is 4.60. The lowest BCUT2D eigenvalue weighted by Crippen LogP contribution is -2.04. The fourth-order valence-electron chi connectivity index (χ4n) is 2.18. The van der Waals surface area contributed by atoms with E-state index in [0.717, 1.165) is 11.7 Å². The minimum atomic E-state index is 0.744. The van der Waals surface area contributed by atoms with E-state index < -0.39 is 0 Å². The normalized spacial score (nSPS) is 19.2. The molecule has 0 saturated heterocycles. The Labute approximate surface area is 80.0 Å². The van der Waals surface area contributed by atoms with Gasteiger partial charge in [0.2, 0.25) is 0 Å². The minimum Gasteiger partial charge on any atom is -0.338 e. The topological polar surface area (TPSA) is 17.8 Å². The van der Waals surface area contributed by atoms with E-state index in [-0.39, 0.29) is 0 Å². The SMILES string of the molecule is Cc1nc(C2CCCCC2)cn1C. The zero-order chi connectivity index (χ0) is 9.26. The van der Waals surface area contributed by atoms with Crippen molar-refractivity contribution >= 4 is 0 Å². The van der Waals surface area contributed by atoms with Gasteiger partial charge in [-0.25, -0.2) is 4.98 Å². The van der Waals surface area contributed by atoms with Crippen LogP contribution in [0.5, 0.6) is 0 Å². The number of hydrogen-bond donors (Lipinski definition) is 0. The number of rotatable bonds is 1. The largest absolute Gasteiger partial charge is 0.338 e. The zero-order valence-corrected chi connectivity index (χ0v) is 8.58. The molecule has 0 atom stereocenters. The maximum Gasteiger partial charge on any atom is 0.105 e. The smallest absolute Gasteiger partial charge is 0.105 e. The van der Waals surface area contributed by atoms with Crippen LogP contribution in [0.25, 0.3) is 0 Å². The molecule has 0 aliphatic heterocycles. The quantitative estimate of drug-likeness (QED) is 0.646. The molecule has 2 nitrogen and oxygen atoms in total. The first-order valence-electron chi connectivity index (χ1n) is 5.27. The second-order valence-electron chi connectivity index (χ2n) is 4.16. The average molecular weight is 178 g/mol. The standard InChI is InChI=1S/C11H18N2/c1-9-12-11(8-13(9)2)10-6-4-3-5-7-10/h8,10H,3-7H2,1-2H3. The van der Waals surface area contributed by atoms with Crippen molar-refractivity contribution in [3.05, 3.63) is 17.7 Å². The van der Waals surface area contributed by atoms with Crippen LogP contribution in [0.1, 0.15) is 49.5 Å². The van der Waals surface area contributed by atoms with E-state index in [2.05, 4.69) is 29.7 Å². The highest BCUT2D eigenvalue weighted by Crippen LogP contribution is 2.31. The second kappa shape index (κ2) is 3.52. The molecule has 0 spiro atoms. The molecule has 1 saturated carbocycles. The summed E-state index contributed by atoms with van der Waals surface area (Å²) in [6.07, 6.45) is 9.08. The van der Waals surface area contributed by atoms with Crippen molar-refractivity contribution in [1.29, 1.82) is 0 Å². The molecule has 0 N–H and O–H groups in total. The molecule has 2 rings (SSSR count). The molecular formula is C11H18N2. The molecule has 1 aromatic heterocycles. The van der Waals surface area contributed by atoms with Gasteiger partial charge in [-0.05, 0) is 19.8 Å². The maximum absolute atomic E-state index is 4.60. The summed E-state index contributed by atoms with van der Waals surface area (Å²) < 4.78 is 2.13. The third-order valence-electron chi connectivity index (χ3n) is 3.15. The van der Waals surface area contributed by atoms with Crippen LogP contribution in [0.3, 0.4) is 0 Å². The molecule has 72 valence electrons. The summed E-state index contributed by atoms with van der Waals surface area (Å²) in [5.74, 6) is 1.88. The van der Waals surface area contributed by atoms with Crippen LogP contribution in [0.4, 0.5) is 0 Å². The van der Waals surface area contributed by atoms with Gasteiger partial charge in [-0.15, -0.1) is 0 Å². The van der Waals surface area contributed by atoms with Gasteiger partial charge in [0.05, 0.1) is 5.69 Å². The van der Waals surface area contributed by atoms with Gasteiger partial charge in [0.1, 0.15) is 5.82 Å². The van der Waals surface area contributed by atoms with E-state index in [4.69, 9.17) is 0 Å². The van der Waals surface area contributed by atoms with Crippen LogP contribution in [-0.4, -0.2) is 9.55 Å². The summed E-state index contributed by atoms with van der Waals surface area (Å²) in [4.78, 5) is 4.60. The minimum absolute atomic E-state index is 0.744. The Bertz CT molecular complexity index is 263. The molecule has 1 aliphatic rings. The molecule has 1 heterocycles. The molecule has 0 bridgehead atoms. The van der Waals surface area contributed by atoms with Crippen molar-refractivity contribution in [2.75, 3.05) is 0 Å². The molecule has 1 aromatic rings. The van der Waals surface area contributed by atoms with Gasteiger partial charge in [0.25, 0.3) is 0 Å². The van der Waals surface area contributed by atoms with E-state index in [9.17, 15) is 0 Å². The van der Waals surface area contributed by atoms with Gasteiger partial charge in [-0.1, -0.05) is 19.3 Å². The third kappa shape index (κ3) is 1.77. The van der Waals surface area contributed by atoms with Crippen molar-refractivity contribution < 1.29 is 0 Å². The highest BCUT2D eigenvalue weighted by Gasteiger charge is 2.17. The zero-order valence-electron chi connectivity index (χ0n) is 8.58. The van der Waals surface area contributed by atoms with E-state index in [1.54, 1.807) is 0 Å². The monoisotopic (exact) mass is 178 g/mol. The second-order valence-corrected chi connectivity index (χ2v) is 4.16. The predicted octanol–water partition coefficient (Wildman–Crippen LogP) is 2.78. The van der Waals surface area contributed by atoms with E-state index >= 15 is 0 Å². The van der Waals surface area contributed by atoms with Crippen molar-refractivity contribution in [3.63, 3.8) is 0 Å². The summed E-state index contributed by atoms with van der Waals surface area (Å²) in [7, 11) is 2.08. The van der Waals surface area contributed by atoms with Crippen LogP contribution in [0.15, 0.2) is 6.20 Å². The molecule has 0 unspecified atom stereocenters. The first-order chi connectivity index (χ1) is 6.27. The van der Waals surface area contributed by atoms with Gasteiger partial charge in [0, 0.05) is 19.2 Å². The number of hydrogen-bond acceptors (Lipinski definition) is 1. The number of aromatic nitrogens is 2. The molecular weight excluding hydrogens is 160 g/mol. The molecule has 0 radical (unpaired) electrons. The Kier molecular flexibility index (Phi) is 2.38. The summed E-state index contributed by atoms with van der Waals surface area (Å²) in [5.41, 5.74) is 1.32. The highest BCUT2D eigenvalue weighted by atomic mass is 15.0. The van der Waals surface area contributed by atoms with E-state index in [1.807, 2.05) is 0 Å². The molecule has 0 aromatic carbocycles. The fraction of sp³-hybridized carbons (Fsp3) is 0.727. The van der Waals surface area contributed by atoms with Crippen molar-refractivity contribution in [3.8, 4) is 0 Å². The number of aryl methyl sites for hydroxylation is 2. The van der Waals surface area contributed by atoms with Crippen LogP contribution >= 0.6 is 0 Å². The van der Waals surface area contributed by atoms with Crippen LogP contribution in [0, 0.1) is 6.92 Å². The lowest BCUT2D eigenvalue weighted by atomic mass is 9.87. The van der Waals surface area contributed by atoms with Crippen molar-refractivity contribution in [2.24, 2.45) is 7.05 Å². The summed E-state index contributed by atoms with van der Waals surface area (Å²) in [6.45, 7) is 2.08. The third-order valence-corrected chi connectivity index (χ3v) is 3.15. The van der Waals surface area contributed by atoms with Crippen molar-refractivity contribution in [1.82, 2.24) is 9.55 Å². The first kappa shape index (κ1) is 8.79. The average Bonchev–Trinajstić information content (AvgIpc) is 2.49. The Morgan fingerprint density at radius 3 is 2.54 bits per heavy atom. The Balaban J connectivity index is 2.14. The van der Waals surface area contributed by atoms with Crippen LogP contribution in [0.2, 0.25) is 0 Å². The predicted molar refractivity (Wildman–Crippen MR) is 53.8 cm³/mol. The lowest BCUT2D eigenvalue weighted by Gasteiger charge is -2.19. The summed E-state index contributed by atoms with van der Waals surface area (Å²) in [6, 6.07) is 0. The lowest BCUT2D eigenvalue weighted by molar-refractivity contribution is 0.437. The van der Waals surface area contributed by atoms with E-state index in [0.29, 0.717) is 0 Å². The molecule has 13 heavy (non-hydrogen) atoms. The molecule has 2 heteroatoms. The molecule has 1 fully saturated rings. The van der Waals surface area contributed by atoms with E-state index in [1.165, 1.54) is 37.8 Å².